The maximum atomic E-state index is 6.08. The highest BCUT2D eigenvalue weighted by Crippen LogP contribution is 2.37. The van der Waals surface area contributed by atoms with E-state index in [1.165, 1.54) is 31.2 Å². The lowest BCUT2D eigenvalue weighted by Crippen LogP contribution is -2.13. The molecule has 1 aromatic rings. The Morgan fingerprint density at radius 3 is 2.39 bits per heavy atom. The van der Waals surface area contributed by atoms with Crippen molar-refractivity contribution in [2.24, 2.45) is 0 Å². The average molecular weight is 377 g/mol. The predicted octanol–water partition coefficient (Wildman–Crippen LogP) is 4.64. The number of hydrogen-bond acceptors (Lipinski definition) is 2. The lowest BCUT2D eigenvalue weighted by atomic mass is 10.2. The van der Waals surface area contributed by atoms with E-state index in [1.54, 1.807) is 0 Å². The standard InChI is InChI=1S/C14H19Br2NO/c1-2-17-9-10-7-12(15)14(13(16)8-10)18-11-5-3-4-6-11/h7-8,11,17H,2-6,9H2,1H3. The summed E-state index contributed by atoms with van der Waals surface area (Å²) in [6.07, 6.45) is 5.32. The Hall–Kier alpha value is -0.0600. The van der Waals surface area contributed by atoms with E-state index in [9.17, 15) is 0 Å². The van der Waals surface area contributed by atoms with E-state index in [2.05, 4.69) is 56.2 Å². The van der Waals surface area contributed by atoms with E-state index < -0.39 is 0 Å². The first kappa shape index (κ1) is 14.4. The summed E-state index contributed by atoms with van der Waals surface area (Å²) in [4.78, 5) is 0. The van der Waals surface area contributed by atoms with Crippen molar-refractivity contribution < 1.29 is 4.74 Å². The zero-order chi connectivity index (χ0) is 13.0. The van der Waals surface area contributed by atoms with Crippen molar-refractivity contribution in [3.05, 3.63) is 26.6 Å². The second kappa shape index (κ2) is 6.92. The van der Waals surface area contributed by atoms with E-state index in [0.717, 1.165) is 27.8 Å². The van der Waals surface area contributed by atoms with Crippen molar-refractivity contribution in [2.75, 3.05) is 6.54 Å². The first-order valence-corrected chi connectivity index (χ1v) is 8.14. The second-order valence-corrected chi connectivity index (χ2v) is 6.40. The minimum Gasteiger partial charge on any atom is -0.488 e. The van der Waals surface area contributed by atoms with Gasteiger partial charge >= 0.3 is 0 Å². The molecule has 2 rings (SSSR count). The molecule has 0 aromatic heterocycles. The monoisotopic (exact) mass is 375 g/mol. The first-order valence-electron chi connectivity index (χ1n) is 6.56. The summed E-state index contributed by atoms with van der Waals surface area (Å²) in [7, 11) is 0. The van der Waals surface area contributed by atoms with Gasteiger partial charge in [-0.2, -0.15) is 0 Å². The Bertz CT molecular complexity index is 380. The van der Waals surface area contributed by atoms with E-state index in [0.29, 0.717) is 6.10 Å². The third-order valence-electron chi connectivity index (χ3n) is 3.22. The predicted molar refractivity (Wildman–Crippen MR) is 82.1 cm³/mol. The molecule has 0 aliphatic heterocycles. The van der Waals surface area contributed by atoms with Gasteiger partial charge in [-0.3, -0.25) is 0 Å². The van der Waals surface area contributed by atoms with E-state index in [-0.39, 0.29) is 0 Å². The third kappa shape index (κ3) is 3.72. The number of nitrogens with one attached hydrogen (secondary N) is 1. The molecule has 100 valence electrons. The Morgan fingerprint density at radius 2 is 1.83 bits per heavy atom. The minimum atomic E-state index is 0.386. The van der Waals surface area contributed by atoms with Gasteiger partial charge in [0.15, 0.2) is 0 Å². The molecular weight excluding hydrogens is 358 g/mol. The second-order valence-electron chi connectivity index (χ2n) is 4.69. The Morgan fingerprint density at radius 1 is 1.22 bits per heavy atom. The molecule has 2 nitrogen and oxygen atoms in total. The molecule has 4 heteroatoms. The SMILES string of the molecule is CCNCc1cc(Br)c(OC2CCCC2)c(Br)c1. The number of benzene rings is 1. The molecule has 0 heterocycles. The summed E-state index contributed by atoms with van der Waals surface area (Å²) < 4.78 is 8.16. The van der Waals surface area contributed by atoms with Crippen LogP contribution in [-0.4, -0.2) is 12.6 Å². The first-order chi connectivity index (χ1) is 8.70. The van der Waals surface area contributed by atoms with E-state index in [1.807, 2.05) is 0 Å². The van der Waals surface area contributed by atoms with Crippen LogP contribution in [0.15, 0.2) is 21.1 Å². The Kier molecular flexibility index (Phi) is 5.52. The smallest absolute Gasteiger partial charge is 0.148 e. The van der Waals surface area contributed by atoms with Gasteiger partial charge < -0.3 is 10.1 Å². The van der Waals surface area contributed by atoms with E-state index >= 15 is 0 Å². The number of rotatable bonds is 5. The topological polar surface area (TPSA) is 21.3 Å². The van der Waals surface area contributed by atoms with Crippen LogP contribution in [0.2, 0.25) is 0 Å². The summed E-state index contributed by atoms with van der Waals surface area (Å²) >= 11 is 7.23. The van der Waals surface area contributed by atoms with Gasteiger partial charge in [0.05, 0.1) is 15.0 Å². The fourth-order valence-corrected chi connectivity index (χ4v) is 3.74. The van der Waals surface area contributed by atoms with Crippen molar-refractivity contribution in [3.8, 4) is 5.75 Å². The lowest BCUT2D eigenvalue weighted by molar-refractivity contribution is 0.207. The molecule has 1 saturated carbocycles. The average Bonchev–Trinajstić information content (AvgIpc) is 2.84. The van der Waals surface area contributed by atoms with Gasteiger partial charge in [0, 0.05) is 6.54 Å². The fraction of sp³-hybridized carbons (Fsp3) is 0.571. The Balaban J connectivity index is 2.10. The van der Waals surface area contributed by atoms with Gasteiger partial charge in [0.2, 0.25) is 0 Å². The van der Waals surface area contributed by atoms with Crippen LogP contribution in [-0.2, 0) is 6.54 Å². The molecule has 18 heavy (non-hydrogen) atoms. The maximum absolute atomic E-state index is 6.08. The highest BCUT2D eigenvalue weighted by Gasteiger charge is 2.19. The zero-order valence-electron chi connectivity index (χ0n) is 10.6. The van der Waals surface area contributed by atoms with Crippen LogP contribution in [0.5, 0.6) is 5.75 Å². The number of halogens is 2. The maximum Gasteiger partial charge on any atom is 0.148 e. The highest BCUT2D eigenvalue weighted by molar-refractivity contribution is 9.11. The highest BCUT2D eigenvalue weighted by atomic mass is 79.9. The molecule has 0 spiro atoms. The summed E-state index contributed by atoms with van der Waals surface area (Å²) in [6, 6.07) is 4.27. The van der Waals surface area contributed by atoms with Gasteiger partial charge in [-0.25, -0.2) is 0 Å². The van der Waals surface area contributed by atoms with Crippen molar-refractivity contribution in [1.82, 2.24) is 5.32 Å². The van der Waals surface area contributed by atoms with Crippen LogP contribution in [0.25, 0.3) is 0 Å². The Labute approximate surface area is 126 Å². The summed E-state index contributed by atoms with van der Waals surface area (Å²) in [5, 5.41) is 3.33. The van der Waals surface area contributed by atoms with Gasteiger partial charge in [-0.15, -0.1) is 0 Å². The molecule has 0 amide bonds. The van der Waals surface area contributed by atoms with Crippen LogP contribution in [0.3, 0.4) is 0 Å². The fourth-order valence-electron chi connectivity index (χ4n) is 2.27. The summed E-state index contributed by atoms with van der Waals surface area (Å²) in [5.74, 6) is 0.946. The molecule has 0 radical (unpaired) electrons. The molecule has 1 aliphatic carbocycles. The molecule has 0 atom stereocenters. The minimum absolute atomic E-state index is 0.386. The number of hydrogen-bond donors (Lipinski definition) is 1. The zero-order valence-corrected chi connectivity index (χ0v) is 13.8. The van der Waals surface area contributed by atoms with Crippen molar-refractivity contribution >= 4 is 31.9 Å². The van der Waals surface area contributed by atoms with Crippen molar-refractivity contribution in [2.45, 2.75) is 45.3 Å². The van der Waals surface area contributed by atoms with Crippen LogP contribution in [0.1, 0.15) is 38.2 Å². The molecule has 1 N–H and O–H groups in total. The van der Waals surface area contributed by atoms with Gasteiger partial charge in [0.1, 0.15) is 5.75 Å². The molecule has 1 aliphatic rings. The molecule has 0 saturated heterocycles. The normalized spacial score (nSPS) is 16.2. The van der Waals surface area contributed by atoms with E-state index in [4.69, 9.17) is 4.74 Å². The van der Waals surface area contributed by atoms with Crippen LogP contribution in [0, 0.1) is 0 Å². The third-order valence-corrected chi connectivity index (χ3v) is 4.40. The molecular formula is C14H19Br2NO. The molecule has 0 bridgehead atoms. The molecule has 1 aromatic carbocycles. The largest absolute Gasteiger partial charge is 0.488 e. The van der Waals surface area contributed by atoms with Gasteiger partial charge in [-0.05, 0) is 81.8 Å². The summed E-state index contributed by atoms with van der Waals surface area (Å²) in [6.45, 7) is 3.98. The van der Waals surface area contributed by atoms with Gasteiger partial charge in [-0.1, -0.05) is 6.92 Å². The number of ether oxygens (including phenoxy) is 1. The molecule has 0 unspecified atom stereocenters. The van der Waals surface area contributed by atoms with Crippen LogP contribution in [0.4, 0.5) is 0 Å². The van der Waals surface area contributed by atoms with Crippen molar-refractivity contribution in [1.29, 1.82) is 0 Å². The molecule has 1 fully saturated rings. The summed E-state index contributed by atoms with van der Waals surface area (Å²) in [5.41, 5.74) is 1.26. The van der Waals surface area contributed by atoms with Crippen LogP contribution >= 0.6 is 31.9 Å². The van der Waals surface area contributed by atoms with Crippen LogP contribution < -0.4 is 10.1 Å². The quantitative estimate of drug-likeness (QED) is 0.807. The lowest BCUT2D eigenvalue weighted by Gasteiger charge is -2.17. The van der Waals surface area contributed by atoms with Crippen molar-refractivity contribution in [3.63, 3.8) is 0 Å². The van der Waals surface area contributed by atoms with Gasteiger partial charge in [0.25, 0.3) is 0 Å².